The van der Waals surface area contributed by atoms with E-state index in [4.69, 9.17) is 28.9 Å². The number of nitrogens with zero attached hydrogens (tertiary/aromatic N) is 2. The van der Waals surface area contributed by atoms with E-state index in [1.165, 1.54) is 4.68 Å². The summed E-state index contributed by atoms with van der Waals surface area (Å²) in [5, 5.41) is 6.55. The zero-order valence-electron chi connectivity index (χ0n) is 10.7. The fourth-order valence-electron chi connectivity index (χ4n) is 1.78. The standard InChI is InChI=1S/C12H11Cl2FN4O/c1-5-9(16)11(19(2)18-5)12(20)17-10-7(13)3-6(15)4-8(10)14/h3-4H,16H2,1-2H3,(H,17,20). The first-order valence-corrected chi connectivity index (χ1v) is 6.31. The van der Waals surface area contributed by atoms with Gasteiger partial charge in [-0.05, 0) is 19.1 Å². The Balaban J connectivity index is 2.38. The predicted octanol–water partition coefficient (Wildman–Crippen LogP) is 3.01. The van der Waals surface area contributed by atoms with Gasteiger partial charge in [0.2, 0.25) is 0 Å². The van der Waals surface area contributed by atoms with Crippen LogP contribution in [0.3, 0.4) is 0 Å². The number of aromatic nitrogens is 2. The van der Waals surface area contributed by atoms with Crippen LogP contribution < -0.4 is 11.1 Å². The molecule has 0 atom stereocenters. The van der Waals surface area contributed by atoms with E-state index in [9.17, 15) is 9.18 Å². The predicted molar refractivity (Wildman–Crippen MR) is 76.7 cm³/mol. The van der Waals surface area contributed by atoms with Gasteiger partial charge in [-0.2, -0.15) is 5.10 Å². The molecule has 3 N–H and O–H groups in total. The molecule has 0 spiro atoms. The Morgan fingerprint density at radius 3 is 2.40 bits per heavy atom. The highest BCUT2D eigenvalue weighted by Crippen LogP contribution is 2.32. The number of carbonyl (C=O) groups excluding carboxylic acids is 1. The Hall–Kier alpha value is -1.79. The summed E-state index contributed by atoms with van der Waals surface area (Å²) < 4.78 is 14.4. The van der Waals surface area contributed by atoms with Crippen LogP contribution in [0.15, 0.2) is 12.1 Å². The lowest BCUT2D eigenvalue weighted by Gasteiger charge is -2.10. The zero-order chi connectivity index (χ0) is 15.0. The van der Waals surface area contributed by atoms with Crippen LogP contribution in [0.2, 0.25) is 10.0 Å². The van der Waals surface area contributed by atoms with Crippen LogP contribution in [0.4, 0.5) is 15.8 Å². The Labute approximate surface area is 124 Å². The molecule has 8 heteroatoms. The van der Waals surface area contributed by atoms with Crippen molar-refractivity contribution in [3.05, 3.63) is 39.4 Å². The molecule has 1 amide bonds. The third kappa shape index (κ3) is 2.57. The third-order valence-corrected chi connectivity index (χ3v) is 3.33. The summed E-state index contributed by atoms with van der Waals surface area (Å²) in [6, 6.07) is 2.11. The number of nitrogens with one attached hydrogen (secondary N) is 1. The molecular formula is C12H11Cl2FN4O. The van der Waals surface area contributed by atoms with Gasteiger partial charge in [0.25, 0.3) is 5.91 Å². The lowest BCUT2D eigenvalue weighted by atomic mass is 10.2. The molecule has 5 nitrogen and oxygen atoms in total. The van der Waals surface area contributed by atoms with Crippen molar-refractivity contribution in [2.45, 2.75) is 6.92 Å². The second-order valence-electron chi connectivity index (χ2n) is 4.17. The largest absolute Gasteiger partial charge is 0.395 e. The highest BCUT2D eigenvalue weighted by atomic mass is 35.5. The maximum atomic E-state index is 13.1. The van der Waals surface area contributed by atoms with Crippen LogP contribution in [0.1, 0.15) is 16.2 Å². The van der Waals surface area contributed by atoms with Gasteiger partial charge in [0.1, 0.15) is 11.5 Å². The van der Waals surface area contributed by atoms with Crippen LogP contribution in [-0.4, -0.2) is 15.7 Å². The molecule has 1 aromatic carbocycles. The SMILES string of the molecule is Cc1nn(C)c(C(=O)Nc2c(Cl)cc(F)cc2Cl)c1N. The summed E-state index contributed by atoms with van der Waals surface area (Å²) in [6.45, 7) is 1.68. The summed E-state index contributed by atoms with van der Waals surface area (Å²) in [7, 11) is 1.59. The van der Waals surface area contributed by atoms with Crippen LogP contribution in [0.25, 0.3) is 0 Å². The van der Waals surface area contributed by atoms with Gasteiger partial charge >= 0.3 is 0 Å². The van der Waals surface area contributed by atoms with Gasteiger partial charge in [0.15, 0.2) is 0 Å². The van der Waals surface area contributed by atoms with E-state index in [-0.39, 0.29) is 27.1 Å². The molecule has 2 aromatic rings. The second-order valence-corrected chi connectivity index (χ2v) is 4.98. The molecule has 1 aromatic heterocycles. The number of carbonyl (C=O) groups is 1. The second kappa shape index (κ2) is 5.30. The topological polar surface area (TPSA) is 72.9 Å². The number of amides is 1. The Bertz CT molecular complexity index is 676. The fraction of sp³-hybridized carbons (Fsp3) is 0.167. The molecule has 0 aliphatic carbocycles. The minimum absolute atomic E-state index is 0.000752. The van der Waals surface area contributed by atoms with E-state index in [0.29, 0.717) is 5.69 Å². The molecule has 0 fully saturated rings. The summed E-state index contributed by atoms with van der Waals surface area (Å²) in [6.07, 6.45) is 0. The van der Waals surface area contributed by atoms with Crippen molar-refractivity contribution in [1.82, 2.24) is 9.78 Å². The van der Waals surface area contributed by atoms with Gasteiger partial charge in [0, 0.05) is 7.05 Å². The molecule has 0 saturated carbocycles. The molecule has 106 valence electrons. The Kier molecular flexibility index (Phi) is 3.87. The molecule has 0 unspecified atom stereocenters. The first-order chi connectivity index (χ1) is 9.31. The van der Waals surface area contributed by atoms with Crippen molar-refractivity contribution in [3.8, 4) is 0 Å². The summed E-state index contributed by atoms with van der Waals surface area (Å²) in [5.74, 6) is -1.12. The quantitative estimate of drug-likeness (QED) is 0.894. The number of hydrogen-bond acceptors (Lipinski definition) is 3. The van der Waals surface area contributed by atoms with Gasteiger partial charge in [0.05, 0.1) is 27.1 Å². The maximum Gasteiger partial charge on any atom is 0.276 e. The molecule has 1 heterocycles. The summed E-state index contributed by atoms with van der Waals surface area (Å²) in [4.78, 5) is 12.2. The number of halogens is 3. The molecule has 0 bridgehead atoms. The van der Waals surface area contributed by atoms with Crippen LogP contribution in [0.5, 0.6) is 0 Å². The molecule has 2 rings (SSSR count). The first kappa shape index (κ1) is 14.6. The van der Waals surface area contributed by atoms with Gasteiger partial charge < -0.3 is 11.1 Å². The summed E-state index contributed by atoms with van der Waals surface area (Å²) in [5.41, 5.74) is 6.89. The van der Waals surface area contributed by atoms with Gasteiger partial charge in [-0.3, -0.25) is 9.48 Å². The number of nitrogens with two attached hydrogens (primary N) is 1. The lowest BCUT2D eigenvalue weighted by molar-refractivity contribution is 0.101. The van der Waals surface area contributed by atoms with Crippen molar-refractivity contribution < 1.29 is 9.18 Å². The zero-order valence-corrected chi connectivity index (χ0v) is 12.2. The number of hydrogen-bond donors (Lipinski definition) is 2. The molecule has 0 saturated heterocycles. The Morgan fingerprint density at radius 1 is 1.40 bits per heavy atom. The average molecular weight is 317 g/mol. The van der Waals surface area contributed by atoms with Crippen molar-refractivity contribution in [2.75, 3.05) is 11.1 Å². The number of aryl methyl sites for hydroxylation is 2. The van der Waals surface area contributed by atoms with Crippen LogP contribution in [-0.2, 0) is 7.05 Å². The maximum absolute atomic E-state index is 13.1. The molecular weight excluding hydrogens is 306 g/mol. The molecule has 20 heavy (non-hydrogen) atoms. The van der Waals surface area contributed by atoms with Crippen LogP contribution >= 0.6 is 23.2 Å². The number of nitrogen functional groups attached to an aromatic ring is 1. The van der Waals surface area contributed by atoms with Gasteiger partial charge in [-0.1, -0.05) is 23.2 Å². The smallest absolute Gasteiger partial charge is 0.276 e. The summed E-state index contributed by atoms with van der Waals surface area (Å²) >= 11 is 11.7. The molecule has 0 radical (unpaired) electrons. The minimum Gasteiger partial charge on any atom is -0.395 e. The number of benzene rings is 1. The average Bonchev–Trinajstić information content (AvgIpc) is 2.58. The van der Waals surface area contributed by atoms with Crippen molar-refractivity contribution in [2.24, 2.45) is 7.05 Å². The normalized spacial score (nSPS) is 10.7. The van der Waals surface area contributed by atoms with Gasteiger partial charge in [-0.25, -0.2) is 4.39 Å². The van der Waals surface area contributed by atoms with Crippen molar-refractivity contribution >= 4 is 40.5 Å². The van der Waals surface area contributed by atoms with E-state index < -0.39 is 11.7 Å². The minimum atomic E-state index is -0.589. The van der Waals surface area contributed by atoms with E-state index in [1.54, 1.807) is 14.0 Å². The number of anilines is 2. The van der Waals surface area contributed by atoms with Crippen LogP contribution in [0, 0.1) is 12.7 Å². The first-order valence-electron chi connectivity index (χ1n) is 5.56. The van der Waals surface area contributed by atoms with Crippen molar-refractivity contribution in [3.63, 3.8) is 0 Å². The monoisotopic (exact) mass is 316 g/mol. The molecule has 0 aliphatic rings. The fourth-order valence-corrected chi connectivity index (χ4v) is 2.33. The number of rotatable bonds is 2. The van der Waals surface area contributed by atoms with E-state index in [0.717, 1.165) is 12.1 Å². The van der Waals surface area contributed by atoms with Gasteiger partial charge in [-0.15, -0.1) is 0 Å². The highest BCUT2D eigenvalue weighted by molar-refractivity contribution is 6.40. The Morgan fingerprint density at radius 2 is 1.95 bits per heavy atom. The molecule has 0 aliphatic heterocycles. The van der Waals surface area contributed by atoms with Crippen molar-refractivity contribution in [1.29, 1.82) is 0 Å². The third-order valence-electron chi connectivity index (χ3n) is 2.73. The highest BCUT2D eigenvalue weighted by Gasteiger charge is 2.20. The van der Waals surface area contributed by atoms with E-state index in [1.807, 2.05) is 0 Å². The lowest BCUT2D eigenvalue weighted by Crippen LogP contribution is -2.18. The van der Waals surface area contributed by atoms with E-state index in [2.05, 4.69) is 10.4 Å². The van der Waals surface area contributed by atoms with E-state index >= 15 is 0 Å².